The second-order valence-corrected chi connectivity index (χ2v) is 6.97. The fourth-order valence-electron chi connectivity index (χ4n) is 4.39. The van der Waals surface area contributed by atoms with E-state index in [1.54, 1.807) is 0 Å². The molecule has 0 amide bonds. The molecule has 19 heavy (non-hydrogen) atoms. The Hall–Kier alpha value is -0.350. The van der Waals surface area contributed by atoms with Gasteiger partial charge in [-0.25, -0.2) is 0 Å². The van der Waals surface area contributed by atoms with E-state index in [1.807, 2.05) is 0 Å². The number of thiocarbonyl (C=S) groups is 1. The first-order valence-electron chi connectivity index (χ1n) is 8.04. The SMILES string of the molecule is CCN1CCC[C@H]1CNC(=S)N[C@@H]1C[C@H]2CC[C@H]1C2. The molecular weight excluding hydrogens is 254 g/mol. The zero-order valence-corrected chi connectivity index (χ0v) is 12.8. The van der Waals surface area contributed by atoms with Crippen LogP contribution >= 0.6 is 12.2 Å². The van der Waals surface area contributed by atoms with Crippen molar-refractivity contribution in [3.05, 3.63) is 0 Å². The maximum absolute atomic E-state index is 5.48. The van der Waals surface area contributed by atoms with Gasteiger partial charge in [-0.15, -0.1) is 0 Å². The zero-order chi connectivity index (χ0) is 13.2. The monoisotopic (exact) mass is 281 g/mol. The van der Waals surface area contributed by atoms with E-state index in [9.17, 15) is 0 Å². The Bertz CT molecular complexity index is 333. The van der Waals surface area contributed by atoms with Gasteiger partial charge in [0.1, 0.15) is 0 Å². The number of hydrogen-bond donors (Lipinski definition) is 2. The number of nitrogens with zero attached hydrogens (tertiary/aromatic N) is 1. The van der Waals surface area contributed by atoms with Gasteiger partial charge < -0.3 is 10.6 Å². The highest BCUT2D eigenvalue weighted by atomic mass is 32.1. The molecule has 3 fully saturated rings. The van der Waals surface area contributed by atoms with Crippen molar-refractivity contribution in [3.63, 3.8) is 0 Å². The minimum atomic E-state index is 0.657. The van der Waals surface area contributed by atoms with Crippen molar-refractivity contribution in [1.82, 2.24) is 15.5 Å². The molecule has 2 saturated carbocycles. The molecule has 3 aliphatic rings. The van der Waals surface area contributed by atoms with Gasteiger partial charge in [-0.1, -0.05) is 13.3 Å². The van der Waals surface area contributed by atoms with Crippen LogP contribution in [-0.4, -0.2) is 41.7 Å². The highest BCUT2D eigenvalue weighted by Crippen LogP contribution is 2.44. The van der Waals surface area contributed by atoms with E-state index in [0.717, 1.165) is 23.5 Å². The predicted molar refractivity (Wildman–Crippen MR) is 83.2 cm³/mol. The first-order valence-corrected chi connectivity index (χ1v) is 8.45. The lowest BCUT2D eigenvalue weighted by Gasteiger charge is -2.27. The summed E-state index contributed by atoms with van der Waals surface area (Å²) in [5, 5.41) is 7.91. The Morgan fingerprint density at radius 3 is 2.84 bits per heavy atom. The summed E-state index contributed by atoms with van der Waals surface area (Å²) in [7, 11) is 0. The van der Waals surface area contributed by atoms with Gasteiger partial charge in [-0.2, -0.15) is 0 Å². The summed E-state index contributed by atoms with van der Waals surface area (Å²) in [6.45, 7) is 5.69. The third-order valence-electron chi connectivity index (χ3n) is 5.46. The highest BCUT2D eigenvalue weighted by Gasteiger charge is 2.39. The van der Waals surface area contributed by atoms with Crippen LogP contribution in [0.4, 0.5) is 0 Å². The van der Waals surface area contributed by atoms with Crippen molar-refractivity contribution >= 4 is 17.3 Å². The number of likely N-dealkylation sites (N-methyl/N-ethyl adjacent to an activating group) is 1. The lowest BCUT2D eigenvalue weighted by Crippen LogP contribution is -2.48. The van der Waals surface area contributed by atoms with Gasteiger partial charge in [0, 0.05) is 18.6 Å². The molecule has 4 heteroatoms. The molecule has 1 heterocycles. The van der Waals surface area contributed by atoms with Gasteiger partial charge in [0.05, 0.1) is 0 Å². The van der Waals surface area contributed by atoms with Crippen molar-refractivity contribution in [2.24, 2.45) is 11.8 Å². The lowest BCUT2D eigenvalue weighted by molar-refractivity contribution is 0.267. The Balaban J connectivity index is 1.39. The maximum Gasteiger partial charge on any atom is 0.166 e. The maximum atomic E-state index is 5.48. The molecular formula is C15H27N3S. The van der Waals surface area contributed by atoms with Crippen LogP contribution in [0, 0.1) is 11.8 Å². The molecule has 2 aliphatic carbocycles. The van der Waals surface area contributed by atoms with E-state index in [0.29, 0.717) is 12.1 Å². The average molecular weight is 281 g/mol. The number of likely N-dealkylation sites (tertiary alicyclic amines) is 1. The molecule has 3 nitrogen and oxygen atoms in total. The fourth-order valence-corrected chi connectivity index (χ4v) is 4.63. The van der Waals surface area contributed by atoms with Gasteiger partial charge in [0.2, 0.25) is 0 Å². The topological polar surface area (TPSA) is 27.3 Å². The van der Waals surface area contributed by atoms with E-state index in [1.165, 1.54) is 51.6 Å². The normalized spacial score (nSPS) is 37.7. The molecule has 0 aromatic carbocycles. The van der Waals surface area contributed by atoms with Gasteiger partial charge in [-0.05, 0) is 69.2 Å². The number of fused-ring (bicyclic) bond motifs is 2. The van der Waals surface area contributed by atoms with Crippen LogP contribution in [0.2, 0.25) is 0 Å². The Morgan fingerprint density at radius 2 is 2.16 bits per heavy atom. The fraction of sp³-hybridized carbons (Fsp3) is 0.933. The minimum absolute atomic E-state index is 0.657. The Labute approximate surface area is 122 Å². The summed E-state index contributed by atoms with van der Waals surface area (Å²) in [6, 6.07) is 1.34. The number of nitrogens with one attached hydrogen (secondary N) is 2. The summed E-state index contributed by atoms with van der Waals surface area (Å²) in [4.78, 5) is 2.56. The van der Waals surface area contributed by atoms with Gasteiger partial charge >= 0.3 is 0 Å². The number of rotatable bonds is 4. The Kier molecular flexibility index (Phi) is 4.27. The molecule has 0 aromatic heterocycles. The lowest BCUT2D eigenvalue weighted by atomic mass is 9.96. The molecule has 4 atom stereocenters. The van der Waals surface area contributed by atoms with Crippen molar-refractivity contribution in [1.29, 1.82) is 0 Å². The molecule has 0 radical (unpaired) electrons. The molecule has 0 aromatic rings. The van der Waals surface area contributed by atoms with Gasteiger partial charge in [0.15, 0.2) is 5.11 Å². The third-order valence-corrected chi connectivity index (χ3v) is 5.72. The van der Waals surface area contributed by atoms with Crippen LogP contribution in [-0.2, 0) is 0 Å². The van der Waals surface area contributed by atoms with E-state index in [4.69, 9.17) is 12.2 Å². The van der Waals surface area contributed by atoms with E-state index < -0.39 is 0 Å². The number of hydrogen-bond acceptors (Lipinski definition) is 2. The molecule has 1 aliphatic heterocycles. The van der Waals surface area contributed by atoms with E-state index >= 15 is 0 Å². The van der Waals surface area contributed by atoms with Crippen LogP contribution in [0.1, 0.15) is 45.4 Å². The van der Waals surface area contributed by atoms with E-state index in [-0.39, 0.29) is 0 Å². The first kappa shape index (κ1) is 13.6. The van der Waals surface area contributed by atoms with Crippen molar-refractivity contribution in [2.45, 2.75) is 57.5 Å². The second-order valence-electron chi connectivity index (χ2n) is 6.56. The van der Waals surface area contributed by atoms with Crippen LogP contribution in [0.3, 0.4) is 0 Å². The Morgan fingerprint density at radius 1 is 1.26 bits per heavy atom. The second kappa shape index (κ2) is 5.96. The van der Waals surface area contributed by atoms with E-state index in [2.05, 4.69) is 22.5 Å². The van der Waals surface area contributed by atoms with Crippen LogP contribution in [0.15, 0.2) is 0 Å². The van der Waals surface area contributed by atoms with Crippen molar-refractivity contribution in [3.8, 4) is 0 Å². The quantitative estimate of drug-likeness (QED) is 0.772. The first-order chi connectivity index (χ1) is 9.26. The third kappa shape index (κ3) is 3.05. The molecule has 3 rings (SSSR count). The summed E-state index contributed by atoms with van der Waals surface area (Å²) < 4.78 is 0. The summed E-state index contributed by atoms with van der Waals surface area (Å²) in [6.07, 6.45) is 8.31. The van der Waals surface area contributed by atoms with Gasteiger partial charge in [0.25, 0.3) is 0 Å². The predicted octanol–water partition coefficient (Wildman–Crippen LogP) is 2.12. The molecule has 0 spiro atoms. The average Bonchev–Trinajstić information content (AvgIpc) is 3.11. The smallest absolute Gasteiger partial charge is 0.166 e. The molecule has 2 bridgehead atoms. The van der Waals surface area contributed by atoms with Crippen molar-refractivity contribution < 1.29 is 0 Å². The van der Waals surface area contributed by atoms with Crippen LogP contribution < -0.4 is 10.6 Å². The van der Waals surface area contributed by atoms with Gasteiger partial charge in [-0.3, -0.25) is 4.90 Å². The molecule has 0 unspecified atom stereocenters. The minimum Gasteiger partial charge on any atom is -0.361 e. The summed E-state index contributed by atoms with van der Waals surface area (Å²) >= 11 is 5.48. The van der Waals surface area contributed by atoms with Crippen molar-refractivity contribution in [2.75, 3.05) is 19.6 Å². The highest BCUT2D eigenvalue weighted by molar-refractivity contribution is 7.80. The zero-order valence-electron chi connectivity index (χ0n) is 12.0. The van der Waals surface area contributed by atoms with Crippen LogP contribution in [0.5, 0.6) is 0 Å². The molecule has 1 saturated heterocycles. The largest absolute Gasteiger partial charge is 0.361 e. The molecule has 2 N–H and O–H groups in total. The summed E-state index contributed by atoms with van der Waals surface area (Å²) in [5.41, 5.74) is 0. The molecule has 108 valence electrons. The summed E-state index contributed by atoms with van der Waals surface area (Å²) in [5.74, 6) is 1.87. The van der Waals surface area contributed by atoms with Crippen LogP contribution in [0.25, 0.3) is 0 Å². The standard InChI is InChI=1S/C15H27N3S/c1-2-18-7-3-4-13(18)10-16-15(19)17-14-9-11-5-6-12(14)8-11/h11-14H,2-10H2,1H3,(H2,16,17,19)/t11-,12-,13-,14+/m0/s1.